The molecule has 2 aromatic carbocycles. The van der Waals surface area contributed by atoms with Gasteiger partial charge in [-0.1, -0.05) is 48.0 Å². The van der Waals surface area contributed by atoms with Gasteiger partial charge in [0, 0.05) is 18.2 Å². The summed E-state index contributed by atoms with van der Waals surface area (Å²) in [6.45, 7) is 0. The first-order valence-corrected chi connectivity index (χ1v) is 8.43. The number of methoxy groups -OCH3 is 1. The molecule has 138 valence electrons. The van der Waals surface area contributed by atoms with E-state index in [4.69, 9.17) is 21.1 Å². The molecule has 0 saturated carbocycles. The van der Waals surface area contributed by atoms with Crippen LogP contribution in [-0.4, -0.2) is 52.8 Å². The van der Waals surface area contributed by atoms with Crippen LogP contribution in [0.1, 0.15) is 27.6 Å². The Morgan fingerprint density at radius 1 is 1.04 bits per heavy atom. The molecule has 3 rings (SSSR count). The fourth-order valence-corrected chi connectivity index (χ4v) is 3.16. The topological polar surface area (TPSA) is 96.2 Å². The SMILES string of the molecule is COC1OC(c2ccc(Cl)c(C(=O)c3ccccc3)c2)C(O)C(O)C1O. The molecular formula is C19H19ClO6. The van der Waals surface area contributed by atoms with Gasteiger partial charge in [0.25, 0.3) is 0 Å². The fraction of sp³-hybridized carbons (Fsp3) is 0.316. The van der Waals surface area contributed by atoms with Crippen molar-refractivity contribution in [1.29, 1.82) is 0 Å². The van der Waals surface area contributed by atoms with E-state index in [-0.39, 0.29) is 16.4 Å². The van der Waals surface area contributed by atoms with Crippen molar-refractivity contribution >= 4 is 17.4 Å². The van der Waals surface area contributed by atoms with Crippen LogP contribution in [0, 0.1) is 0 Å². The van der Waals surface area contributed by atoms with Crippen molar-refractivity contribution in [3.8, 4) is 0 Å². The maximum Gasteiger partial charge on any atom is 0.194 e. The van der Waals surface area contributed by atoms with Crippen LogP contribution in [-0.2, 0) is 9.47 Å². The summed E-state index contributed by atoms with van der Waals surface area (Å²) in [6, 6.07) is 13.3. The number of hydrogen-bond acceptors (Lipinski definition) is 6. The van der Waals surface area contributed by atoms with Gasteiger partial charge in [0.1, 0.15) is 24.4 Å². The van der Waals surface area contributed by atoms with E-state index < -0.39 is 30.7 Å². The molecule has 2 aromatic rings. The number of aliphatic hydroxyl groups is 3. The number of rotatable bonds is 4. The molecule has 1 fully saturated rings. The molecular weight excluding hydrogens is 360 g/mol. The smallest absolute Gasteiger partial charge is 0.194 e. The summed E-state index contributed by atoms with van der Waals surface area (Å²) in [5, 5.41) is 30.5. The number of benzene rings is 2. The van der Waals surface area contributed by atoms with E-state index in [1.165, 1.54) is 19.2 Å². The number of carbonyl (C=O) groups is 1. The molecule has 1 saturated heterocycles. The molecule has 1 aliphatic rings. The van der Waals surface area contributed by atoms with Crippen molar-refractivity contribution in [2.45, 2.75) is 30.7 Å². The lowest BCUT2D eigenvalue weighted by Crippen LogP contribution is -2.54. The molecule has 7 heteroatoms. The van der Waals surface area contributed by atoms with E-state index in [0.717, 1.165) is 0 Å². The van der Waals surface area contributed by atoms with Gasteiger partial charge >= 0.3 is 0 Å². The molecule has 6 nitrogen and oxygen atoms in total. The zero-order valence-corrected chi connectivity index (χ0v) is 14.7. The predicted molar refractivity (Wildman–Crippen MR) is 94.0 cm³/mol. The molecule has 5 unspecified atom stereocenters. The fourth-order valence-electron chi connectivity index (χ4n) is 2.96. The van der Waals surface area contributed by atoms with E-state index in [1.807, 2.05) is 0 Å². The molecule has 0 spiro atoms. The Kier molecular flexibility index (Phi) is 5.72. The summed E-state index contributed by atoms with van der Waals surface area (Å²) in [4.78, 5) is 12.7. The lowest BCUT2D eigenvalue weighted by molar-refractivity contribution is -0.292. The maximum atomic E-state index is 12.7. The van der Waals surface area contributed by atoms with Gasteiger partial charge in [0.2, 0.25) is 0 Å². The second-order valence-electron chi connectivity index (χ2n) is 6.07. The highest BCUT2D eigenvalue weighted by Crippen LogP contribution is 2.34. The molecule has 0 radical (unpaired) electrons. The first-order chi connectivity index (χ1) is 12.4. The Balaban J connectivity index is 1.95. The van der Waals surface area contributed by atoms with Gasteiger partial charge < -0.3 is 24.8 Å². The van der Waals surface area contributed by atoms with Crippen LogP contribution >= 0.6 is 11.6 Å². The minimum atomic E-state index is -1.46. The summed E-state index contributed by atoms with van der Waals surface area (Å²) in [6.07, 6.45) is -6.33. The highest BCUT2D eigenvalue weighted by molar-refractivity contribution is 6.35. The Hall–Kier alpha value is -1.80. The predicted octanol–water partition coefficient (Wildman–Crippen LogP) is 1.70. The standard InChI is InChI=1S/C19H19ClO6/c1-25-19-17(24)15(22)16(23)18(26-19)11-7-8-13(20)12(9-11)14(21)10-5-3-2-4-6-10/h2-9,15-19,22-24H,1H3. The minimum Gasteiger partial charge on any atom is -0.387 e. The third kappa shape index (κ3) is 3.53. The normalized spacial score (nSPS) is 28.7. The van der Waals surface area contributed by atoms with E-state index in [9.17, 15) is 20.1 Å². The number of aliphatic hydroxyl groups excluding tert-OH is 3. The monoisotopic (exact) mass is 378 g/mol. The molecule has 0 bridgehead atoms. The summed E-state index contributed by atoms with van der Waals surface area (Å²) in [5.74, 6) is -0.272. The van der Waals surface area contributed by atoms with Crippen LogP contribution in [0.3, 0.4) is 0 Å². The van der Waals surface area contributed by atoms with Crippen LogP contribution in [0.25, 0.3) is 0 Å². The van der Waals surface area contributed by atoms with Crippen molar-refractivity contribution < 1.29 is 29.6 Å². The summed E-state index contributed by atoms with van der Waals surface area (Å²) < 4.78 is 10.6. The molecule has 3 N–H and O–H groups in total. The second-order valence-corrected chi connectivity index (χ2v) is 6.47. The Labute approximate surface area is 155 Å². The van der Waals surface area contributed by atoms with Crippen molar-refractivity contribution in [1.82, 2.24) is 0 Å². The van der Waals surface area contributed by atoms with Gasteiger partial charge in [-0.15, -0.1) is 0 Å². The number of carbonyl (C=O) groups excluding carboxylic acids is 1. The second kappa shape index (κ2) is 7.84. The van der Waals surface area contributed by atoms with Gasteiger partial charge in [-0.05, 0) is 17.7 Å². The summed E-state index contributed by atoms with van der Waals surface area (Å²) in [5.41, 5.74) is 1.16. The number of ketones is 1. The average molecular weight is 379 g/mol. The number of halogens is 1. The van der Waals surface area contributed by atoms with Crippen LogP contribution < -0.4 is 0 Å². The van der Waals surface area contributed by atoms with Gasteiger partial charge in [-0.2, -0.15) is 0 Å². The minimum absolute atomic E-state index is 0.251. The van der Waals surface area contributed by atoms with Gasteiger partial charge in [-0.3, -0.25) is 4.79 Å². The molecule has 0 aromatic heterocycles. The molecule has 5 atom stereocenters. The highest BCUT2D eigenvalue weighted by atomic mass is 35.5. The number of hydrogen-bond donors (Lipinski definition) is 3. The van der Waals surface area contributed by atoms with Gasteiger partial charge in [0.15, 0.2) is 12.1 Å². The first kappa shape index (κ1) is 19.0. The van der Waals surface area contributed by atoms with Crippen molar-refractivity contribution in [3.05, 3.63) is 70.2 Å². The Bertz CT molecular complexity index is 779. The summed E-state index contributed by atoms with van der Waals surface area (Å²) >= 11 is 6.19. The molecule has 0 amide bonds. The van der Waals surface area contributed by atoms with Crippen LogP contribution in [0.5, 0.6) is 0 Å². The molecule has 26 heavy (non-hydrogen) atoms. The van der Waals surface area contributed by atoms with E-state index >= 15 is 0 Å². The lowest BCUT2D eigenvalue weighted by atomic mass is 9.92. The Morgan fingerprint density at radius 3 is 2.38 bits per heavy atom. The zero-order chi connectivity index (χ0) is 18.8. The van der Waals surface area contributed by atoms with E-state index in [0.29, 0.717) is 11.1 Å². The zero-order valence-electron chi connectivity index (χ0n) is 13.9. The van der Waals surface area contributed by atoms with Crippen LogP contribution in [0.2, 0.25) is 5.02 Å². The first-order valence-electron chi connectivity index (χ1n) is 8.05. The van der Waals surface area contributed by atoms with Gasteiger partial charge in [0.05, 0.1) is 5.02 Å². The van der Waals surface area contributed by atoms with Gasteiger partial charge in [-0.25, -0.2) is 0 Å². The van der Waals surface area contributed by atoms with Crippen molar-refractivity contribution in [2.75, 3.05) is 7.11 Å². The average Bonchev–Trinajstić information content (AvgIpc) is 2.67. The third-order valence-electron chi connectivity index (χ3n) is 4.40. The molecule has 1 aliphatic heterocycles. The summed E-state index contributed by atoms with van der Waals surface area (Å²) in [7, 11) is 1.32. The quantitative estimate of drug-likeness (QED) is 0.701. The molecule has 1 heterocycles. The third-order valence-corrected chi connectivity index (χ3v) is 4.73. The molecule has 0 aliphatic carbocycles. The van der Waals surface area contributed by atoms with Crippen LogP contribution in [0.15, 0.2) is 48.5 Å². The number of ether oxygens (including phenoxy) is 2. The van der Waals surface area contributed by atoms with Crippen molar-refractivity contribution in [2.24, 2.45) is 0 Å². The van der Waals surface area contributed by atoms with E-state index in [1.54, 1.807) is 36.4 Å². The lowest BCUT2D eigenvalue weighted by Gasteiger charge is -2.40. The van der Waals surface area contributed by atoms with Crippen molar-refractivity contribution in [3.63, 3.8) is 0 Å². The highest BCUT2D eigenvalue weighted by Gasteiger charge is 2.44. The van der Waals surface area contributed by atoms with Crippen LogP contribution in [0.4, 0.5) is 0 Å². The van der Waals surface area contributed by atoms with E-state index in [2.05, 4.69) is 0 Å². The maximum absolute atomic E-state index is 12.7. The Morgan fingerprint density at radius 2 is 1.73 bits per heavy atom. The largest absolute Gasteiger partial charge is 0.387 e.